The zero-order valence-electron chi connectivity index (χ0n) is 8.74. The minimum atomic E-state index is -0.350. The van der Waals surface area contributed by atoms with Crippen LogP contribution in [0.15, 0.2) is 11.1 Å². The number of aromatic amines is 1. The van der Waals surface area contributed by atoms with Gasteiger partial charge < -0.3 is 20.4 Å². The summed E-state index contributed by atoms with van der Waals surface area (Å²) in [4.78, 5) is 28.7. The smallest absolute Gasteiger partial charge is 0.295 e. The predicted molar refractivity (Wildman–Crippen MR) is 56.4 cm³/mol. The Bertz CT molecular complexity index is 456. The summed E-state index contributed by atoms with van der Waals surface area (Å²) < 4.78 is 4.94. The zero-order chi connectivity index (χ0) is 11.5. The van der Waals surface area contributed by atoms with E-state index in [2.05, 4.69) is 20.6 Å². The lowest BCUT2D eigenvalue weighted by Crippen LogP contribution is -2.24. The summed E-state index contributed by atoms with van der Waals surface area (Å²) >= 11 is 0. The van der Waals surface area contributed by atoms with Crippen LogP contribution in [0.2, 0.25) is 0 Å². The number of carbonyl (C=O) groups is 1. The molecule has 1 saturated heterocycles. The van der Waals surface area contributed by atoms with Crippen molar-refractivity contribution in [3.8, 4) is 5.75 Å². The van der Waals surface area contributed by atoms with E-state index in [0.717, 1.165) is 0 Å². The molecule has 2 rings (SSSR count). The van der Waals surface area contributed by atoms with Gasteiger partial charge in [-0.15, -0.1) is 0 Å². The molecule has 1 atom stereocenters. The fraction of sp³-hybridized carbons (Fsp3) is 0.444. The second kappa shape index (κ2) is 4.21. The second-order valence-electron chi connectivity index (χ2n) is 3.46. The van der Waals surface area contributed by atoms with Crippen molar-refractivity contribution in [3.63, 3.8) is 0 Å². The molecular weight excluding hydrogens is 212 g/mol. The van der Waals surface area contributed by atoms with Crippen LogP contribution in [0.4, 0.5) is 5.82 Å². The molecular formula is C9H12N4O3. The number of amides is 1. The molecule has 7 nitrogen and oxygen atoms in total. The fourth-order valence-electron chi connectivity index (χ4n) is 1.58. The van der Waals surface area contributed by atoms with Gasteiger partial charge in [0.1, 0.15) is 0 Å². The Morgan fingerprint density at radius 1 is 1.56 bits per heavy atom. The number of H-pyrrole nitrogens is 1. The number of hydrogen-bond donors (Lipinski definition) is 3. The molecule has 1 aromatic rings. The molecule has 0 radical (unpaired) electrons. The lowest BCUT2D eigenvalue weighted by molar-refractivity contribution is -0.119. The first-order valence-electron chi connectivity index (χ1n) is 4.85. The highest BCUT2D eigenvalue weighted by molar-refractivity contribution is 5.79. The first-order chi connectivity index (χ1) is 7.70. The van der Waals surface area contributed by atoms with E-state index < -0.39 is 0 Å². The van der Waals surface area contributed by atoms with Crippen LogP contribution in [0.25, 0.3) is 0 Å². The largest absolute Gasteiger partial charge is 0.489 e. The number of anilines is 1. The van der Waals surface area contributed by atoms with Gasteiger partial charge in [0.25, 0.3) is 5.56 Å². The number of nitrogens with one attached hydrogen (secondary N) is 3. The highest BCUT2D eigenvalue weighted by atomic mass is 16.5. The first kappa shape index (κ1) is 10.5. The van der Waals surface area contributed by atoms with Gasteiger partial charge in [-0.05, 0) is 0 Å². The second-order valence-corrected chi connectivity index (χ2v) is 3.46. The number of methoxy groups -OCH3 is 1. The topological polar surface area (TPSA) is 96.1 Å². The molecule has 0 aliphatic carbocycles. The Kier molecular flexibility index (Phi) is 2.76. The van der Waals surface area contributed by atoms with E-state index in [4.69, 9.17) is 4.74 Å². The maximum Gasteiger partial charge on any atom is 0.295 e. The van der Waals surface area contributed by atoms with Gasteiger partial charge in [0.05, 0.1) is 19.5 Å². The molecule has 0 aromatic carbocycles. The van der Waals surface area contributed by atoms with E-state index in [-0.39, 0.29) is 23.3 Å². The van der Waals surface area contributed by atoms with Crippen molar-refractivity contribution in [1.29, 1.82) is 0 Å². The molecule has 1 aliphatic rings. The summed E-state index contributed by atoms with van der Waals surface area (Å²) in [5.41, 5.74) is -0.350. The van der Waals surface area contributed by atoms with Crippen molar-refractivity contribution in [3.05, 3.63) is 16.7 Å². The van der Waals surface area contributed by atoms with Crippen molar-refractivity contribution in [2.45, 2.75) is 12.5 Å². The van der Waals surface area contributed by atoms with E-state index in [1.807, 2.05) is 0 Å². The summed E-state index contributed by atoms with van der Waals surface area (Å²) in [7, 11) is 1.40. The van der Waals surface area contributed by atoms with E-state index >= 15 is 0 Å². The fourth-order valence-corrected chi connectivity index (χ4v) is 1.58. The molecule has 16 heavy (non-hydrogen) atoms. The van der Waals surface area contributed by atoms with Crippen molar-refractivity contribution in [2.24, 2.45) is 0 Å². The van der Waals surface area contributed by atoms with Gasteiger partial charge in [-0.2, -0.15) is 0 Å². The third kappa shape index (κ3) is 1.97. The number of rotatable bonds is 3. The van der Waals surface area contributed by atoms with Crippen LogP contribution in [-0.2, 0) is 4.79 Å². The van der Waals surface area contributed by atoms with Crippen LogP contribution < -0.4 is 20.9 Å². The Hall–Kier alpha value is -2.05. The Labute approximate surface area is 91.2 Å². The zero-order valence-corrected chi connectivity index (χ0v) is 8.74. The van der Waals surface area contributed by atoms with Gasteiger partial charge in [0.15, 0.2) is 5.82 Å². The quantitative estimate of drug-likeness (QED) is 0.617. The SMILES string of the molecule is COc1c(NC2CNC(=O)C2)nc[nH]c1=O. The van der Waals surface area contributed by atoms with Crippen LogP contribution in [-0.4, -0.2) is 35.6 Å². The lowest BCUT2D eigenvalue weighted by atomic mass is 10.2. The van der Waals surface area contributed by atoms with Gasteiger partial charge in [-0.1, -0.05) is 0 Å². The molecule has 1 unspecified atom stereocenters. The molecule has 0 spiro atoms. The van der Waals surface area contributed by atoms with Gasteiger partial charge in [-0.25, -0.2) is 4.98 Å². The Balaban J connectivity index is 2.18. The summed E-state index contributed by atoms with van der Waals surface area (Å²) in [6, 6.07) is -0.0595. The van der Waals surface area contributed by atoms with E-state index in [1.165, 1.54) is 13.4 Å². The number of hydrogen-bond acceptors (Lipinski definition) is 5. The highest BCUT2D eigenvalue weighted by Gasteiger charge is 2.23. The molecule has 0 bridgehead atoms. The van der Waals surface area contributed by atoms with Crippen molar-refractivity contribution >= 4 is 11.7 Å². The Morgan fingerprint density at radius 3 is 3.00 bits per heavy atom. The van der Waals surface area contributed by atoms with Crippen LogP contribution in [0, 0.1) is 0 Å². The normalized spacial score (nSPS) is 19.3. The minimum Gasteiger partial charge on any atom is -0.489 e. The summed E-state index contributed by atoms with van der Waals surface area (Å²) in [5, 5.41) is 5.68. The third-order valence-corrected chi connectivity index (χ3v) is 2.33. The molecule has 7 heteroatoms. The maximum atomic E-state index is 11.4. The van der Waals surface area contributed by atoms with Crippen LogP contribution in [0.1, 0.15) is 6.42 Å². The first-order valence-corrected chi connectivity index (χ1v) is 4.85. The molecule has 1 fully saturated rings. The molecule has 1 aliphatic heterocycles. The Morgan fingerprint density at radius 2 is 2.38 bits per heavy atom. The maximum absolute atomic E-state index is 11.4. The van der Waals surface area contributed by atoms with Crippen molar-refractivity contribution in [2.75, 3.05) is 19.0 Å². The number of ether oxygens (including phenoxy) is 1. The summed E-state index contributed by atoms with van der Waals surface area (Å²) in [6.07, 6.45) is 1.66. The molecule has 86 valence electrons. The standard InChI is InChI=1S/C9H12N4O3/c1-16-7-8(11-4-12-9(7)15)13-5-2-6(14)10-3-5/h4-5H,2-3H2,1H3,(H,10,14)(H2,11,12,13,15). The number of nitrogens with zero attached hydrogens (tertiary/aromatic N) is 1. The number of carbonyl (C=O) groups excluding carboxylic acids is 1. The third-order valence-electron chi connectivity index (χ3n) is 2.33. The van der Waals surface area contributed by atoms with Gasteiger partial charge in [0.2, 0.25) is 11.7 Å². The predicted octanol–water partition coefficient (Wildman–Crippen LogP) is -0.921. The van der Waals surface area contributed by atoms with Gasteiger partial charge in [-0.3, -0.25) is 9.59 Å². The van der Waals surface area contributed by atoms with E-state index in [9.17, 15) is 9.59 Å². The van der Waals surface area contributed by atoms with Crippen LogP contribution in [0.5, 0.6) is 5.75 Å². The van der Waals surface area contributed by atoms with E-state index in [0.29, 0.717) is 18.8 Å². The van der Waals surface area contributed by atoms with Crippen molar-refractivity contribution < 1.29 is 9.53 Å². The minimum absolute atomic E-state index is 0.0127. The van der Waals surface area contributed by atoms with E-state index in [1.54, 1.807) is 0 Å². The molecule has 3 N–H and O–H groups in total. The highest BCUT2D eigenvalue weighted by Crippen LogP contribution is 2.17. The molecule has 1 aromatic heterocycles. The van der Waals surface area contributed by atoms with Gasteiger partial charge in [0, 0.05) is 13.0 Å². The lowest BCUT2D eigenvalue weighted by Gasteiger charge is -2.12. The van der Waals surface area contributed by atoms with Crippen LogP contribution >= 0.6 is 0 Å². The number of aromatic nitrogens is 2. The average Bonchev–Trinajstić information content (AvgIpc) is 2.64. The van der Waals surface area contributed by atoms with Crippen molar-refractivity contribution in [1.82, 2.24) is 15.3 Å². The summed E-state index contributed by atoms with van der Waals surface area (Å²) in [5.74, 6) is 0.468. The van der Waals surface area contributed by atoms with Gasteiger partial charge >= 0.3 is 0 Å². The average molecular weight is 224 g/mol. The van der Waals surface area contributed by atoms with Crippen LogP contribution in [0.3, 0.4) is 0 Å². The molecule has 1 amide bonds. The summed E-state index contributed by atoms with van der Waals surface area (Å²) in [6.45, 7) is 0.524. The monoisotopic (exact) mass is 224 g/mol. The molecule has 0 saturated carbocycles. The molecule has 2 heterocycles.